The minimum atomic E-state index is -3.60. The minimum absolute atomic E-state index is 0.108. The van der Waals surface area contributed by atoms with E-state index in [1.165, 1.54) is 7.11 Å². The zero-order valence-corrected chi connectivity index (χ0v) is 27.2. The maximum Gasteiger partial charge on any atom is 0.255 e. The van der Waals surface area contributed by atoms with Gasteiger partial charge in [-0.25, -0.2) is 18.6 Å². The van der Waals surface area contributed by atoms with Gasteiger partial charge in [-0.2, -0.15) is 0 Å². The lowest BCUT2D eigenvalue weighted by atomic mass is 9.76. The molecule has 1 saturated carbocycles. The molecule has 236 valence electrons. The number of hydrogen-bond donors (Lipinski definition) is 2. The Kier molecular flexibility index (Phi) is 11.3. The minimum Gasteiger partial charge on any atom is -0.496 e. The highest BCUT2D eigenvalue weighted by Gasteiger charge is 2.50. The Balaban J connectivity index is 1.87. The maximum atomic E-state index is 14.5. The molecule has 0 radical (unpaired) electrons. The number of carbonyl (C=O) groups is 2. The number of allylic oxidation sites excluding steroid dienone is 4. The van der Waals surface area contributed by atoms with Gasteiger partial charge in [0.05, 0.1) is 31.9 Å². The summed E-state index contributed by atoms with van der Waals surface area (Å²) in [6.07, 6.45) is 10.8. The first-order valence-corrected chi connectivity index (χ1v) is 16.9. The molecule has 1 aliphatic carbocycles. The molecular weight excluding hydrogens is 625 g/mol. The third-order valence-electron chi connectivity index (χ3n) is 7.79. The number of halogens is 2. The summed E-state index contributed by atoms with van der Waals surface area (Å²) in [6.45, 7) is 5.61. The fourth-order valence-electron chi connectivity index (χ4n) is 6.00. The van der Waals surface area contributed by atoms with Crippen molar-refractivity contribution in [3.63, 3.8) is 0 Å². The van der Waals surface area contributed by atoms with E-state index in [-0.39, 0.29) is 23.1 Å². The molecule has 2 amide bonds. The van der Waals surface area contributed by atoms with Gasteiger partial charge in [-0.15, -0.1) is 0 Å². The van der Waals surface area contributed by atoms with E-state index in [4.69, 9.17) is 32.8 Å². The van der Waals surface area contributed by atoms with Gasteiger partial charge in [0, 0.05) is 33.3 Å². The lowest BCUT2D eigenvalue weighted by Gasteiger charge is -2.49. The number of hydroxylamine groups is 1. The highest BCUT2D eigenvalue weighted by Crippen LogP contribution is 2.50. The Labute approximate surface area is 268 Å². The topological polar surface area (TPSA) is 114 Å². The molecule has 1 aliphatic heterocycles. The summed E-state index contributed by atoms with van der Waals surface area (Å²) in [7, 11) is -2.13. The highest BCUT2D eigenvalue weighted by atomic mass is 35.5. The van der Waals surface area contributed by atoms with Crippen LogP contribution in [0.5, 0.6) is 5.75 Å². The zero-order chi connectivity index (χ0) is 32.0. The number of hydrogen-bond acceptors (Lipinski definition) is 6. The molecule has 0 saturated heterocycles. The number of fused-ring (bicyclic) bond motifs is 1. The van der Waals surface area contributed by atoms with Gasteiger partial charge < -0.3 is 9.64 Å². The van der Waals surface area contributed by atoms with Crippen molar-refractivity contribution in [1.82, 2.24) is 15.1 Å². The second-order valence-electron chi connectivity index (χ2n) is 11.0. The van der Waals surface area contributed by atoms with Gasteiger partial charge in [-0.3, -0.25) is 14.4 Å². The molecule has 0 spiro atoms. The van der Waals surface area contributed by atoms with Gasteiger partial charge in [0.15, 0.2) is 0 Å². The van der Waals surface area contributed by atoms with Crippen LogP contribution in [0.1, 0.15) is 66.1 Å². The molecule has 1 fully saturated rings. The first kappa shape index (κ1) is 33.7. The van der Waals surface area contributed by atoms with E-state index in [2.05, 4.69) is 16.8 Å². The molecule has 2 aliphatic rings. The van der Waals surface area contributed by atoms with E-state index >= 15 is 0 Å². The van der Waals surface area contributed by atoms with Crippen LogP contribution in [0.15, 0.2) is 72.9 Å². The van der Waals surface area contributed by atoms with Crippen molar-refractivity contribution in [2.24, 2.45) is 0 Å². The van der Waals surface area contributed by atoms with E-state index < -0.39 is 40.0 Å². The summed E-state index contributed by atoms with van der Waals surface area (Å²) in [5.74, 6) is -1.57. The predicted octanol–water partition coefficient (Wildman–Crippen LogP) is 5.88. The largest absolute Gasteiger partial charge is 0.496 e. The van der Waals surface area contributed by atoms with Crippen LogP contribution in [0.2, 0.25) is 10.0 Å². The van der Waals surface area contributed by atoms with Crippen LogP contribution in [0.4, 0.5) is 0 Å². The van der Waals surface area contributed by atoms with Crippen LogP contribution in [-0.2, 0) is 19.7 Å². The third kappa shape index (κ3) is 7.73. The molecule has 4 rings (SSSR count). The fourth-order valence-corrected chi connectivity index (χ4v) is 7.35. The van der Waals surface area contributed by atoms with Gasteiger partial charge in [0.2, 0.25) is 10.0 Å². The van der Waals surface area contributed by atoms with E-state index in [0.29, 0.717) is 34.7 Å². The molecule has 12 heteroatoms. The van der Waals surface area contributed by atoms with Crippen LogP contribution in [-0.4, -0.2) is 57.2 Å². The highest BCUT2D eigenvalue weighted by molar-refractivity contribution is 7.88. The van der Waals surface area contributed by atoms with Crippen molar-refractivity contribution in [3.05, 3.63) is 99.6 Å². The Morgan fingerprint density at radius 3 is 2.59 bits per heavy atom. The molecule has 2 aromatic rings. The van der Waals surface area contributed by atoms with Crippen LogP contribution in [0.3, 0.4) is 0 Å². The molecule has 2 aromatic carbocycles. The molecule has 0 aromatic heterocycles. The molecule has 44 heavy (non-hydrogen) atoms. The smallest absolute Gasteiger partial charge is 0.255 e. The third-order valence-corrected chi connectivity index (χ3v) is 9.09. The Hall–Kier alpha value is -3.15. The molecule has 4 atom stereocenters. The van der Waals surface area contributed by atoms with E-state index in [9.17, 15) is 18.0 Å². The fraction of sp³-hybridized carbons (Fsp3) is 0.375. The molecule has 1 heterocycles. The average Bonchev–Trinajstić information content (AvgIpc) is 2.97. The second kappa shape index (κ2) is 14.8. The van der Waals surface area contributed by atoms with Crippen LogP contribution in [0.25, 0.3) is 0 Å². The van der Waals surface area contributed by atoms with Crippen molar-refractivity contribution < 1.29 is 27.6 Å². The number of amides is 2. The van der Waals surface area contributed by atoms with Crippen molar-refractivity contribution in [2.45, 2.75) is 56.7 Å². The van der Waals surface area contributed by atoms with Crippen molar-refractivity contribution in [1.29, 1.82) is 0 Å². The number of carbonyl (C=O) groups excluding carboxylic acids is 2. The summed E-state index contributed by atoms with van der Waals surface area (Å²) in [4.78, 5) is 36.0. The summed E-state index contributed by atoms with van der Waals surface area (Å²) in [5.41, 5.74) is 4.58. The van der Waals surface area contributed by atoms with Crippen molar-refractivity contribution >= 4 is 45.0 Å². The molecule has 0 bridgehead atoms. The predicted molar refractivity (Wildman–Crippen MR) is 172 cm³/mol. The normalized spacial score (nSPS) is 22.5. The Morgan fingerprint density at radius 1 is 1.16 bits per heavy atom. The number of methoxy groups -OCH3 is 1. The summed E-state index contributed by atoms with van der Waals surface area (Å²) in [6, 6.07) is 7.84. The number of rotatable bonds is 11. The quantitative estimate of drug-likeness (QED) is 0.230. The molecule has 9 nitrogen and oxygen atoms in total. The first-order valence-electron chi connectivity index (χ1n) is 14.2. The maximum absolute atomic E-state index is 14.5. The van der Waals surface area contributed by atoms with Gasteiger partial charge >= 0.3 is 0 Å². The monoisotopic (exact) mass is 661 g/mol. The molecule has 1 unspecified atom stereocenters. The van der Waals surface area contributed by atoms with E-state index in [0.717, 1.165) is 24.7 Å². The number of nitrogens with one attached hydrogen (secondary N) is 2. The standard InChI is InChI=1S/C32H37Cl2N3O6S/c1-5-6-7-11-20(2)19-43-35-31(38)29-28-23(12-10-15-27(28)42-3)32(39)37(30(29)22-17-16-21(33)18-24(22)34)26-14-9-8-13-25(26)36-44(4,40)41/h5-7,10-12,15-18,25-26,29-30,36H,1,8-9,13-14,19H2,2-4H3,(H,35,38)/b7-6-,20-11+/t25-,26?,29+,30-/m0/s1. The van der Waals surface area contributed by atoms with Gasteiger partial charge in [-0.1, -0.05) is 79.1 Å². The summed E-state index contributed by atoms with van der Waals surface area (Å²) in [5, 5.41) is 0.644. The number of benzene rings is 2. The SMILES string of the molecule is C=C/C=C\C=C(/C)CONC(=O)[C@@H]1c2c(OC)cccc2C(=O)N(C2CCCC[C@@H]2NS(C)(=O)=O)[C@H]1c1ccc(Cl)cc1Cl. The van der Waals surface area contributed by atoms with Crippen molar-refractivity contribution in [2.75, 3.05) is 20.0 Å². The van der Waals surface area contributed by atoms with E-state index in [1.54, 1.807) is 53.5 Å². The van der Waals surface area contributed by atoms with Gasteiger partial charge in [0.25, 0.3) is 11.8 Å². The number of nitrogens with zero attached hydrogens (tertiary/aromatic N) is 1. The van der Waals surface area contributed by atoms with Gasteiger partial charge in [0.1, 0.15) is 5.75 Å². The number of ether oxygens (including phenoxy) is 1. The second-order valence-corrected chi connectivity index (χ2v) is 13.6. The average molecular weight is 663 g/mol. The van der Waals surface area contributed by atoms with Crippen LogP contribution < -0.4 is 14.9 Å². The van der Waals surface area contributed by atoms with Crippen molar-refractivity contribution in [3.8, 4) is 5.75 Å². The lowest BCUT2D eigenvalue weighted by molar-refractivity contribution is -0.136. The summed E-state index contributed by atoms with van der Waals surface area (Å²) < 4.78 is 33.2. The summed E-state index contributed by atoms with van der Waals surface area (Å²) >= 11 is 13.0. The molecule has 2 N–H and O–H groups in total. The van der Waals surface area contributed by atoms with Crippen LogP contribution >= 0.6 is 23.2 Å². The van der Waals surface area contributed by atoms with Crippen LogP contribution in [0, 0.1) is 0 Å². The van der Waals surface area contributed by atoms with Gasteiger partial charge in [-0.05, 0) is 55.2 Å². The Morgan fingerprint density at radius 2 is 1.91 bits per heavy atom. The zero-order valence-electron chi connectivity index (χ0n) is 24.9. The van der Waals surface area contributed by atoms with E-state index in [1.807, 2.05) is 19.1 Å². The Bertz CT molecular complexity index is 1580. The first-order chi connectivity index (χ1) is 21.0. The molecular formula is C32H37Cl2N3O6S. The number of sulfonamides is 1. The lowest BCUT2D eigenvalue weighted by Crippen LogP contribution is -2.59.